The minimum absolute atomic E-state index is 0.0817. The summed E-state index contributed by atoms with van der Waals surface area (Å²) in [5.74, 6) is -0.782. The molecule has 0 radical (unpaired) electrons. The fourth-order valence-corrected chi connectivity index (χ4v) is 1.65. The van der Waals surface area contributed by atoms with Crippen LogP contribution in [-0.2, 0) is 9.59 Å². The monoisotopic (exact) mass is 213 g/mol. The highest BCUT2D eigenvalue weighted by Crippen LogP contribution is 2.15. The molecule has 3 nitrogen and oxygen atoms in total. The van der Waals surface area contributed by atoms with Crippen LogP contribution in [0.3, 0.4) is 0 Å². The van der Waals surface area contributed by atoms with Gasteiger partial charge < -0.3 is 5.32 Å². The van der Waals surface area contributed by atoms with Crippen molar-refractivity contribution in [1.82, 2.24) is 5.32 Å². The lowest BCUT2D eigenvalue weighted by molar-refractivity contribution is -0.140. The highest BCUT2D eigenvalue weighted by Gasteiger charge is 2.21. The second kappa shape index (κ2) is 8.45. The van der Waals surface area contributed by atoms with Crippen molar-refractivity contribution >= 4 is 11.7 Å². The Labute approximate surface area is 92.6 Å². The summed E-state index contributed by atoms with van der Waals surface area (Å²) < 4.78 is 0. The maximum Gasteiger partial charge on any atom is 0.287 e. The van der Waals surface area contributed by atoms with Gasteiger partial charge in [-0.15, -0.1) is 0 Å². The van der Waals surface area contributed by atoms with Gasteiger partial charge in [0.1, 0.15) is 0 Å². The molecule has 1 amide bonds. The summed E-state index contributed by atoms with van der Waals surface area (Å²) in [7, 11) is 1.50. The normalized spacial score (nSPS) is 12.2. The molecule has 1 N–H and O–H groups in total. The number of ketones is 1. The highest BCUT2D eigenvalue weighted by molar-refractivity contribution is 6.36. The third kappa shape index (κ3) is 5.55. The Kier molecular flexibility index (Phi) is 7.96. The topological polar surface area (TPSA) is 46.2 Å². The Bertz CT molecular complexity index is 202. The molecule has 0 saturated heterocycles. The molecule has 0 aliphatic heterocycles. The molecule has 0 aromatic rings. The van der Waals surface area contributed by atoms with Gasteiger partial charge in [0.15, 0.2) is 0 Å². The summed E-state index contributed by atoms with van der Waals surface area (Å²) >= 11 is 0. The van der Waals surface area contributed by atoms with Crippen LogP contribution in [0.2, 0.25) is 0 Å². The van der Waals surface area contributed by atoms with Crippen molar-refractivity contribution in [2.75, 3.05) is 7.05 Å². The van der Waals surface area contributed by atoms with Crippen LogP contribution in [0.4, 0.5) is 0 Å². The zero-order valence-corrected chi connectivity index (χ0v) is 10.1. The van der Waals surface area contributed by atoms with Crippen LogP contribution in [0.25, 0.3) is 0 Å². The van der Waals surface area contributed by atoms with E-state index in [0.29, 0.717) is 0 Å². The van der Waals surface area contributed by atoms with E-state index < -0.39 is 5.91 Å². The molecule has 3 heteroatoms. The number of hydrogen-bond acceptors (Lipinski definition) is 2. The van der Waals surface area contributed by atoms with E-state index in [1.807, 2.05) is 6.92 Å². The molecule has 0 aliphatic carbocycles. The molecule has 88 valence electrons. The van der Waals surface area contributed by atoms with Gasteiger partial charge in [0.05, 0.1) is 0 Å². The number of amides is 1. The van der Waals surface area contributed by atoms with Crippen LogP contribution in [0.15, 0.2) is 0 Å². The molecule has 15 heavy (non-hydrogen) atoms. The van der Waals surface area contributed by atoms with Crippen molar-refractivity contribution in [3.63, 3.8) is 0 Å². The van der Waals surface area contributed by atoms with Gasteiger partial charge in [-0.3, -0.25) is 9.59 Å². The Balaban J connectivity index is 3.91. The largest absolute Gasteiger partial charge is 0.353 e. The van der Waals surface area contributed by atoms with Gasteiger partial charge in [0, 0.05) is 13.0 Å². The molecule has 0 bridgehead atoms. The molecule has 0 spiro atoms. The molecule has 0 heterocycles. The maximum absolute atomic E-state index is 11.6. The number of rotatable bonds is 8. The average molecular weight is 213 g/mol. The molecule has 1 atom stereocenters. The minimum Gasteiger partial charge on any atom is -0.353 e. The third-order valence-corrected chi connectivity index (χ3v) is 2.72. The predicted octanol–water partition coefficient (Wildman–Crippen LogP) is 2.30. The van der Waals surface area contributed by atoms with Crippen LogP contribution in [0.1, 0.15) is 52.4 Å². The molecule has 0 fully saturated rings. The third-order valence-electron chi connectivity index (χ3n) is 2.72. The first-order valence-corrected chi connectivity index (χ1v) is 5.93. The van der Waals surface area contributed by atoms with Crippen LogP contribution in [-0.4, -0.2) is 18.7 Å². The van der Waals surface area contributed by atoms with E-state index in [0.717, 1.165) is 25.7 Å². The van der Waals surface area contributed by atoms with Gasteiger partial charge in [0.25, 0.3) is 5.91 Å². The Hall–Kier alpha value is -0.860. The van der Waals surface area contributed by atoms with E-state index in [2.05, 4.69) is 12.2 Å². The Morgan fingerprint density at radius 2 is 1.80 bits per heavy atom. The number of unbranched alkanes of at least 4 members (excludes halogenated alkanes) is 3. The Morgan fingerprint density at radius 1 is 1.13 bits per heavy atom. The second-order valence-electron chi connectivity index (χ2n) is 3.90. The van der Waals surface area contributed by atoms with Crippen LogP contribution < -0.4 is 5.32 Å². The summed E-state index contributed by atoms with van der Waals surface area (Å²) in [4.78, 5) is 22.7. The zero-order chi connectivity index (χ0) is 11.7. The van der Waals surface area contributed by atoms with Crippen LogP contribution in [0.5, 0.6) is 0 Å². The molecule has 0 aromatic carbocycles. The maximum atomic E-state index is 11.6. The van der Waals surface area contributed by atoms with Gasteiger partial charge in [-0.25, -0.2) is 0 Å². The lowest BCUT2D eigenvalue weighted by Gasteiger charge is -2.11. The fourth-order valence-electron chi connectivity index (χ4n) is 1.65. The smallest absolute Gasteiger partial charge is 0.287 e. The number of carbonyl (C=O) groups excluding carboxylic acids is 2. The van der Waals surface area contributed by atoms with E-state index in [1.165, 1.54) is 19.9 Å². The minimum atomic E-state index is -0.447. The van der Waals surface area contributed by atoms with Gasteiger partial charge in [-0.1, -0.05) is 39.5 Å². The summed E-state index contributed by atoms with van der Waals surface area (Å²) in [5, 5.41) is 2.39. The van der Waals surface area contributed by atoms with Gasteiger partial charge in [-0.2, -0.15) is 0 Å². The Morgan fingerprint density at radius 3 is 2.27 bits per heavy atom. The molecule has 0 aromatic heterocycles. The number of nitrogens with one attached hydrogen (secondary N) is 1. The number of hydrogen-bond donors (Lipinski definition) is 1. The van der Waals surface area contributed by atoms with Gasteiger partial charge in [0.2, 0.25) is 5.78 Å². The average Bonchev–Trinajstić information content (AvgIpc) is 2.27. The summed E-state index contributed by atoms with van der Waals surface area (Å²) in [6, 6.07) is 0. The van der Waals surface area contributed by atoms with E-state index in [4.69, 9.17) is 0 Å². The number of carbonyl (C=O) groups is 2. The van der Waals surface area contributed by atoms with Gasteiger partial charge >= 0.3 is 0 Å². The first-order valence-electron chi connectivity index (χ1n) is 5.93. The molecule has 0 rings (SSSR count). The zero-order valence-electron chi connectivity index (χ0n) is 10.1. The first kappa shape index (κ1) is 14.1. The first-order chi connectivity index (χ1) is 7.17. The SMILES string of the molecule is CCCCCCC(CC)C(=O)C(=O)NC. The van der Waals surface area contributed by atoms with E-state index >= 15 is 0 Å². The predicted molar refractivity (Wildman–Crippen MR) is 61.6 cm³/mol. The molecule has 0 aliphatic rings. The molecule has 0 saturated carbocycles. The lowest BCUT2D eigenvalue weighted by atomic mass is 9.93. The number of Topliss-reactive ketones (excluding diaryl/α,β-unsaturated/α-hetero) is 1. The molecular formula is C12H23NO2. The van der Waals surface area contributed by atoms with Crippen molar-refractivity contribution in [2.24, 2.45) is 5.92 Å². The standard InChI is InChI=1S/C12H23NO2/c1-4-6-7-8-9-10(5-2)11(14)12(15)13-3/h10H,4-9H2,1-3H3,(H,13,15). The van der Waals surface area contributed by atoms with Crippen molar-refractivity contribution in [1.29, 1.82) is 0 Å². The summed E-state index contributed by atoms with van der Waals surface area (Å²) in [6.07, 6.45) is 6.23. The van der Waals surface area contributed by atoms with Crippen molar-refractivity contribution < 1.29 is 9.59 Å². The van der Waals surface area contributed by atoms with Crippen molar-refractivity contribution in [3.8, 4) is 0 Å². The van der Waals surface area contributed by atoms with E-state index in [9.17, 15) is 9.59 Å². The van der Waals surface area contributed by atoms with Gasteiger partial charge in [-0.05, 0) is 12.8 Å². The molecule has 1 unspecified atom stereocenters. The van der Waals surface area contributed by atoms with E-state index in [1.54, 1.807) is 0 Å². The van der Waals surface area contributed by atoms with Crippen LogP contribution in [0, 0.1) is 5.92 Å². The van der Waals surface area contributed by atoms with Crippen LogP contribution >= 0.6 is 0 Å². The summed E-state index contributed by atoms with van der Waals surface area (Å²) in [6.45, 7) is 4.12. The lowest BCUT2D eigenvalue weighted by Crippen LogP contribution is -2.32. The summed E-state index contributed by atoms with van der Waals surface area (Å²) in [5.41, 5.74) is 0. The van der Waals surface area contributed by atoms with Crippen molar-refractivity contribution in [2.45, 2.75) is 52.4 Å². The van der Waals surface area contributed by atoms with Crippen molar-refractivity contribution in [3.05, 3.63) is 0 Å². The number of likely N-dealkylation sites (N-methyl/N-ethyl adjacent to an activating group) is 1. The quantitative estimate of drug-likeness (QED) is 0.496. The highest BCUT2D eigenvalue weighted by atomic mass is 16.2. The fraction of sp³-hybridized carbons (Fsp3) is 0.833. The molecular weight excluding hydrogens is 190 g/mol. The second-order valence-corrected chi connectivity index (χ2v) is 3.90. The van der Waals surface area contributed by atoms with E-state index in [-0.39, 0.29) is 11.7 Å².